The number of rotatable bonds is 4. The molecule has 94 valence electrons. The monoisotopic (exact) mass is 245 g/mol. The Bertz CT molecular complexity index is 569. The quantitative estimate of drug-likeness (QED) is 0.793. The first-order chi connectivity index (χ1) is 8.72. The van der Waals surface area contributed by atoms with Gasteiger partial charge in [-0.05, 0) is 12.1 Å². The maximum absolute atomic E-state index is 11.8. The molecule has 5 nitrogen and oxygen atoms in total. The van der Waals surface area contributed by atoms with E-state index in [-0.39, 0.29) is 5.91 Å². The van der Waals surface area contributed by atoms with Crippen LogP contribution in [0, 0.1) is 0 Å². The van der Waals surface area contributed by atoms with Crippen molar-refractivity contribution in [2.45, 2.75) is 0 Å². The Morgan fingerprint density at radius 1 is 1.44 bits per heavy atom. The second-order valence-corrected chi connectivity index (χ2v) is 3.86. The van der Waals surface area contributed by atoms with Crippen LogP contribution in [-0.4, -0.2) is 31.2 Å². The molecule has 0 atom stereocenters. The summed E-state index contributed by atoms with van der Waals surface area (Å²) in [6.07, 6.45) is 0. The third kappa shape index (κ3) is 2.57. The molecule has 0 aliphatic carbocycles. The summed E-state index contributed by atoms with van der Waals surface area (Å²) in [6.45, 7) is 0.915. The zero-order valence-electron chi connectivity index (χ0n) is 10.1. The Labute approximate surface area is 105 Å². The number of para-hydroxylation sites is 1. The number of nitrogens with one attached hydrogen (secondary N) is 1. The maximum Gasteiger partial charge on any atom is 0.270 e. The van der Waals surface area contributed by atoms with E-state index in [9.17, 15) is 4.79 Å². The average molecular weight is 245 g/mol. The zero-order valence-corrected chi connectivity index (χ0v) is 10.1. The summed E-state index contributed by atoms with van der Waals surface area (Å²) in [4.78, 5) is 16.1. The molecule has 5 heteroatoms. The van der Waals surface area contributed by atoms with Crippen molar-refractivity contribution in [1.82, 2.24) is 10.3 Å². The molecule has 1 amide bonds. The van der Waals surface area contributed by atoms with Crippen molar-refractivity contribution in [3.05, 3.63) is 36.0 Å². The molecule has 0 bridgehead atoms. The number of methoxy groups -OCH3 is 1. The molecular weight excluding hydrogens is 230 g/mol. The Morgan fingerprint density at radius 3 is 3.00 bits per heavy atom. The smallest absolute Gasteiger partial charge is 0.270 e. The van der Waals surface area contributed by atoms with Crippen LogP contribution in [0.5, 0.6) is 0 Å². The highest BCUT2D eigenvalue weighted by Gasteiger charge is 2.09. The summed E-state index contributed by atoms with van der Waals surface area (Å²) in [6, 6.07) is 9.05. The lowest BCUT2D eigenvalue weighted by Crippen LogP contribution is -2.27. The standard InChI is InChI=1S/C13H15N3O2/c1-18-7-6-15-13(17)12-8-10(14)9-4-2-3-5-11(9)16-12/h2-5,8H,6-7H2,1H3,(H2,14,16)(H,15,17). The van der Waals surface area contributed by atoms with E-state index < -0.39 is 0 Å². The Morgan fingerprint density at radius 2 is 2.22 bits per heavy atom. The van der Waals surface area contributed by atoms with Gasteiger partial charge in [-0.15, -0.1) is 0 Å². The van der Waals surface area contributed by atoms with Crippen LogP contribution in [0.3, 0.4) is 0 Å². The highest BCUT2D eigenvalue weighted by Crippen LogP contribution is 2.19. The molecular formula is C13H15N3O2. The van der Waals surface area contributed by atoms with Crippen molar-refractivity contribution in [3.8, 4) is 0 Å². The fraction of sp³-hybridized carbons (Fsp3) is 0.231. The number of hydrogen-bond donors (Lipinski definition) is 2. The number of anilines is 1. The Hall–Kier alpha value is -2.14. The minimum atomic E-state index is -0.246. The SMILES string of the molecule is COCCNC(=O)c1cc(N)c2ccccc2n1. The summed E-state index contributed by atoms with van der Waals surface area (Å²) in [5.41, 5.74) is 7.50. The third-order valence-electron chi connectivity index (χ3n) is 2.57. The minimum Gasteiger partial charge on any atom is -0.398 e. The number of carbonyl (C=O) groups is 1. The number of carbonyl (C=O) groups excluding carboxylic acids is 1. The van der Waals surface area contributed by atoms with E-state index in [1.807, 2.05) is 24.3 Å². The highest BCUT2D eigenvalue weighted by atomic mass is 16.5. The molecule has 1 heterocycles. The first-order valence-corrected chi connectivity index (χ1v) is 5.65. The molecule has 0 aliphatic heterocycles. The van der Waals surface area contributed by atoms with Crippen molar-refractivity contribution in [3.63, 3.8) is 0 Å². The van der Waals surface area contributed by atoms with Crippen LogP contribution in [0.4, 0.5) is 5.69 Å². The van der Waals surface area contributed by atoms with E-state index in [2.05, 4.69) is 10.3 Å². The third-order valence-corrected chi connectivity index (χ3v) is 2.57. The molecule has 2 rings (SSSR count). The lowest BCUT2D eigenvalue weighted by Gasteiger charge is -2.07. The number of nitrogen functional groups attached to an aromatic ring is 1. The topological polar surface area (TPSA) is 77.2 Å². The van der Waals surface area contributed by atoms with Gasteiger partial charge in [-0.1, -0.05) is 18.2 Å². The lowest BCUT2D eigenvalue weighted by molar-refractivity contribution is 0.0932. The summed E-state index contributed by atoms with van der Waals surface area (Å²) in [5.74, 6) is -0.246. The summed E-state index contributed by atoms with van der Waals surface area (Å²) in [7, 11) is 1.58. The second kappa shape index (κ2) is 5.46. The Balaban J connectivity index is 2.26. The molecule has 18 heavy (non-hydrogen) atoms. The van der Waals surface area contributed by atoms with Crippen molar-refractivity contribution in [2.24, 2.45) is 0 Å². The minimum absolute atomic E-state index is 0.246. The molecule has 0 aliphatic rings. The number of amides is 1. The van der Waals surface area contributed by atoms with Crippen molar-refractivity contribution in [2.75, 3.05) is 26.0 Å². The van der Waals surface area contributed by atoms with Crippen LogP contribution in [0.1, 0.15) is 10.5 Å². The molecule has 0 spiro atoms. The molecule has 1 aromatic heterocycles. The lowest BCUT2D eigenvalue weighted by atomic mass is 10.1. The molecule has 0 saturated heterocycles. The van der Waals surface area contributed by atoms with Crippen LogP contribution < -0.4 is 11.1 Å². The van der Waals surface area contributed by atoms with Gasteiger partial charge in [0.05, 0.1) is 12.1 Å². The summed E-state index contributed by atoms with van der Waals surface area (Å²) in [5, 5.41) is 3.56. The number of pyridine rings is 1. The largest absolute Gasteiger partial charge is 0.398 e. The van der Waals surface area contributed by atoms with Crippen molar-refractivity contribution in [1.29, 1.82) is 0 Å². The number of hydrogen-bond acceptors (Lipinski definition) is 4. The van der Waals surface area contributed by atoms with E-state index >= 15 is 0 Å². The predicted molar refractivity (Wildman–Crippen MR) is 70.4 cm³/mol. The predicted octanol–water partition coefficient (Wildman–Crippen LogP) is 1.19. The van der Waals surface area contributed by atoms with Gasteiger partial charge in [0.1, 0.15) is 5.69 Å². The van der Waals surface area contributed by atoms with Gasteiger partial charge >= 0.3 is 0 Å². The maximum atomic E-state index is 11.8. The van der Waals surface area contributed by atoms with Gasteiger partial charge in [-0.25, -0.2) is 4.98 Å². The van der Waals surface area contributed by atoms with E-state index in [0.29, 0.717) is 24.5 Å². The van der Waals surface area contributed by atoms with Gasteiger partial charge in [0.25, 0.3) is 5.91 Å². The van der Waals surface area contributed by atoms with Crippen molar-refractivity contribution < 1.29 is 9.53 Å². The molecule has 3 N–H and O–H groups in total. The van der Waals surface area contributed by atoms with E-state index in [1.54, 1.807) is 13.2 Å². The second-order valence-electron chi connectivity index (χ2n) is 3.86. The number of ether oxygens (including phenoxy) is 1. The van der Waals surface area contributed by atoms with Crippen LogP contribution in [0.25, 0.3) is 10.9 Å². The number of nitrogens with two attached hydrogens (primary N) is 1. The normalized spacial score (nSPS) is 10.5. The zero-order chi connectivity index (χ0) is 13.0. The van der Waals surface area contributed by atoms with Gasteiger partial charge in [0.15, 0.2) is 0 Å². The number of aromatic nitrogens is 1. The molecule has 0 radical (unpaired) electrons. The summed E-state index contributed by atoms with van der Waals surface area (Å²) < 4.78 is 4.86. The molecule has 1 aromatic carbocycles. The first kappa shape index (κ1) is 12.3. The van der Waals surface area contributed by atoms with Gasteiger partial charge < -0.3 is 15.8 Å². The summed E-state index contributed by atoms with van der Waals surface area (Å²) >= 11 is 0. The van der Waals surface area contributed by atoms with Crippen LogP contribution >= 0.6 is 0 Å². The van der Waals surface area contributed by atoms with E-state index in [0.717, 1.165) is 10.9 Å². The molecule has 0 fully saturated rings. The molecule has 0 unspecified atom stereocenters. The van der Waals surface area contributed by atoms with Gasteiger partial charge in [0.2, 0.25) is 0 Å². The van der Waals surface area contributed by atoms with E-state index in [1.165, 1.54) is 0 Å². The van der Waals surface area contributed by atoms with Gasteiger partial charge in [0, 0.05) is 24.7 Å². The van der Waals surface area contributed by atoms with Gasteiger partial charge in [-0.3, -0.25) is 4.79 Å². The number of benzene rings is 1. The van der Waals surface area contributed by atoms with Crippen LogP contribution in [0.2, 0.25) is 0 Å². The molecule has 2 aromatic rings. The van der Waals surface area contributed by atoms with Crippen LogP contribution in [-0.2, 0) is 4.74 Å². The highest BCUT2D eigenvalue weighted by molar-refractivity contribution is 5.99. The fourth-order valence-electron chi connectivity index (χ4n) is 1.68. The fourth-order valence-corrected chi connectivity index (χ4v) is 1.68. The molecule has 0 saturated carbocycles. The van der Waals surface area contributed by atoms with Crippen LogP contribution in [0.15, 0.2) is 30.3 Å². The number of fused-ring (bicyclic) bond motifs is 1. The average Bonchev–Trinajstić information content (AvgIpc) is 2.39. The van der Waals surface area contributed by atoms with Crippen molar-refractivity contribution >= 4 is 22.5 Å². The van der Waals surface area contributed by atoms with E-state index in [4.69, 9.17) is 10.5 Å². The van der Waals surface area contributed by atoms with Gasteiger partial charge in [-0.2, -0.15) is 0 Å². The Kier molecular flexibility index (Phi) is 3.74. The number of nitrogens with zero attached hydrogens (tertiary/aromatic N) is 1. The first-order valence-electron chi connectivity index (χ1n) is 5.65.